The van der Waals surface area contributed by atoms with Gasteiger partial charge in [-0.15, -0.1) is 0 Å². The van der Waals surface area contributed by atoms with E-state index in [4.69, 9.17) is 16.2 Å². The molecule has 2 aromatic rings. The monoisotopic (exact) mass is 257 g/mol. The number of fused-ring (bicyclic) bond motifs is 1. The maximum absolute atomic E-state index is 5.74. The Balaban J connectivity index is 2.09. The summed E-state index contributed by atoms with van der Waals surface area (Å²) in [7, 11) is 0. The van der Waals surface area contributed by atoms with Crippen LogP contribution in [0.4, 0.5) is 23.3 Å². The lowest BCUT2D eigenvalue weighted by molar-refractivity contribution is 0.322. The van der Waals surface area contributed by atoms with Gasteiger partial charge < -0.3 is 21.1 Å². The first kappa shape index (κ1) is 11.6. The molecule has 4 N–H and O–H groups in total. The fourth-order valence-corrected chi connectivity index (χ4v) is 2.18. The molecule has 0 unspecified atom stereocenters. The van der Waals surface area contributed by atoms with E-state index in [0.29, 0.717) is 18.2 Å². The minimum atomic E-state index is 0.178. The van der Waals surface area contributed by atoms with Crippen molar-refractivity contribution in [2.75, 3.05) is 29.5 Å². The van der Waals surface area contributed by atoms with Crippen LogP contribution in [0.1, 0.15) is 6.42 Å². The van der Waals surface area contributed by atoms with Crippen molar-refractivity contribution in [3.63, 3.8) is 0 Å². The minimum absolute atomic E-state index is 0.178. The fourth-order valence-electron chi connectivity index (χ4n) is 2.18. The number of nitrogens with two attached hydrogens (primary N) is 2. The third-order valence-electron chi connectivity index (χ3n) is 2.97. The molecule has 0 amide bonds. The molecule has 2 heterocycles. The van der Waals surface area contributed by atoms with E-state index in [-0.39, 0.29) is 5.95 Å². The zero-order valence-electron chi connectivity index (χ0n) is 10.4. The molecule has 0 bridgehead atoms. The molecule has 0 saturated heterocycles. The van der Waals surface area contributed by atoms with Gasteiger partial charge in [0.25, 0.3) is 0 Å². The van der Waals surface area contributed by atoms with Crippen LogP contribution in [0.3, 0.4) is 0 Å². The molecule has 1 aromatic heterocycles. The topological polar surface area (TPSA) is 90.3 Å². The van der Waals surface area contributed by atoms with Crippen molar-refractivity contribution in [3.8, 4) is 5.75 Å². The Kier molecular flexibility index (Phi) is 2.83. The van der Waals surface area contributed by atoms with Gasteiger partial charge in [-0.1, -0.05) is 12.1 Å². The maximum Gasteiger partial charge on any atom is 0.223 e. The van der Waals surface area contributed by atoms with Crippen LogP contribution in [0.5, 0.6) is 5.75 Å². The van der Waals surface area contributed by atoms with E-state index in [1.165, 1.54) is 0 Å². The molecular weight excluding hydrogens is 242 g/mol. The van der Waals surface area contributed by atoms with Crippen LogP contribution in [0, 0.1) is 0 Å². The SMILES string of the molecule is Nc1cc(N2CCCOc3ccccc32)nc(N)n1. The molecule has 6 nitrogen and oxygen atoms in total. The van der Waals surface area contributed by atoms with Gasteiger partial charge in [0.05, 0.1) is 12.3 Å². The number of nitrogen functional groups attached to an aromatic ring is 2. The number of aromatic nitrogens is 2. The van der Waals surface area contributed by atoms with Crippen LogP contribution in [0.2, 0.25) is 0 Å². The lowest BCUT2D eigenvalue weighted by Crippen LogP contribution is -2.20. The molecule has 0 saturated carbocycles. The summed E-state index contributed by atoms with van der Waals surface area (Å²) in [4.78, 5) is 10.2. The van der Waals surface area contributed by atoms with Crippen LogP contribution in [0.25, 0.3) is 0 Å². The van der Waals surface area contributed by atoms with Crippen molar-refractivity contribution in [3.05, 3.63) is 30.3 Å². The standard InChI is InChI=1S/C13H15N5O/c14-11-8-12(17-13(15)16-11)18-6-3-7-19-10-5-2-1-4-9(10)18/h1-2,4-5,8H,3,6-7H2,(H4,14,15,16,17). The fraction of sp³-hybridized carbons (Fsp3) is 0.231. The molecule has 6 heteroatoms. The highest BCUT2D eigenvalue weighted by atomic mass is 16.5. The highest BCUT2D eigenvalue weighted by molar-refractivity contribution is 5.69. The van der Waals surface area contributed by atoms with E-state index in [2.05, 4.69) is 14.9 Å². The summed E-state index contributed by atoms with van der Waals surface area (Å²) in [6, 6.07) is 9.58. The summed E-state index contributed by atoms with van der Waals surface area (Å²) in [5, 5.41) is 0. The molecule has 3 rings (SSSR count). The molecule has 0 fully saturated rings. The van der Waals surface area contributed by atoms with Gasteiger partial charge in [0.1, 0.15) is 17.4 Å². The van der Waals surface area contributed by atoms with Crippen LogP contribution >= 0.6 is 0 Å². The van der Waals surface area contributed by atoms with Crippen molar-refractivity contribution >= 4 is 23.3 Å². The molecule has 1 aliphatic heterocycles. The number of nitrogens with zero attached hydrogens (tertiary/aromatic N) is 3. The van der Waals surface area contributed by atoms with Gasteiger partial charge >= 0.3 is 0 Å². The largest absolute Gasteiger partial charge is 0.491 e. The first-order chi connectivity index (χ1) is 9.24. The Morgan fingerprint density at radius 3 is 2.84 bits per heavy atom. The average Bonchev–Trinajstić information content (AvgIpc) is 2.59. The number of rotatable bonds is 1. The van der Waals surface area contributed by atoms with Crippen molar-refractivity contribution in [2.24, 2.45) is 0 Å². The summed E-state index contributed by atoms with van der Waals surface area (Å²) in [5.41, 5.74) is 12.4. The molecular formula is C13H15N5O. The molecule has 1 aliphatic rings. The summed E-state index contributed by atoms with van der Waals surface area (Å²) in [6.45, 7) is 1.48. The van der Waals surface area contributed by atoms with Crippen molar-refractivity contribution in [1.29, 1.82) is 0 Å². The van der Waals surface area contributed by atoms with Crippen LogP contribution in [0.15, 0.2) is 30.3 Å². The first-order valence-corrected chi connectivity index (χ1v) is 6.13. The van der Waals surface area contributed by atoms with E-state index < -0.39 is 0 Å². The number of hydrogen-bond donors (Lipinski definition) is 2. The van der Waals surface area contributed by atoms with Gasteiger partial charge in [-0.05, 0) is 18.6 Å². The molecule has 0 aliphatic carbocycles. The zero-order valence-corrected chi connectivity index (χ0v) is 10.4. The molecule has 98 valence electrons. The Labute approximate surface area is 111 Å². The van der Waals surface area contributed by atoms with Gasteiger partial charge in [0.15, 0.2) is 0 Å². The highest BCUT2D eigenvalue weighted by Gasteiger charge is 2.19. The molecule has 1 aromatic carbocycles. The molecule has 0 atom stereocenters. The summed E-state index contributed by atoms with van der Waals surface area (Å²) in [5.74, 6) is 2.08. The molecule has 19 heavy (non-hydrogen) atoms. The van der Waals surface area contributed by atoms with Crippen molar-refractivity contribution in [2.45, 2.75) is 6.42 Å². The van der Waals surface area contributed by atoms with Gasteiger partial charge in [0, 0.05) is 12.6 Å². The lowest BCUT2D eigenvalue weighted by atomic mass is 10.2. The van der Waals surface area contributed by atoms with Gasteiger partial charge in [-0.2, -0.15) is 9.97 Å². The lowest BCUT2D eigenvalue weighted by Gasteiger charge is -2.22. The summed E-state index contributed by atoms with van der Waals surface area (Å²) in [6.07, 6.45) is 0.901. The van der Waals surface area contributed by atoms with Gasteiger partial charge in [0.2, 0.25) is 5.95 Å². The normalized spacial score (nSPS) is 14.4. The highest BCUT2D eigenvalue weighted by Crippen LogP contribution is 2.35. The second-order valence-corrected chi connectivity index (χ2v) is 4.33. The van der Waals surface area contributed by atoms with Crippen LogP contribution in [-0.2, 0) is 0 Å². The van der Waals surface area contributed by atoms with E-state index in [1.807, 2.05) is 24.3 Å². The first-order valence-electron chi connectivity index (χ1n) is 6.13. The second kappa shape index (κ2) is 4.64. The average molecular weight is 257 g/mol. The number of ether oxygens (including phenoxy) is 1. The van der Waals surface area contributed by atoms with Gasteiger partial charge in [-0.3, -0.25) is 0 Å². The summed E-state index contributed by atoms with van der Waals surface area (Å²) < 4.78 is 5.71. The van der Waals surface area contributed by atoms with E-state index in [9.17, 15) is 0 Å². The third kappa shape index (κ3) is 2.24. The predicted molar refractivity (Wildman–Crippen MR) is 74.4 cm³/mol. The number of hydrogen-bond acceptors (Lipinski definition) is 6. The Hall–Kier alpha value is -2.50. The van der Waals surface area contributed by atoms with Gasteiger partial charge in [-0.25, -0.2) is 0 Å². The molecule has 0 radical (unpaired) electrons. The second-order valence-electron chi connectivity index (χ2n) is 4.33. The number of para-hydroxylation sites is 2. The molecule has 0 spiro atoms. The van der Waals surface area contributed by atoms with Crippen molar-refractivity contribution < 1.29 is 4.74 Å². The summed E-state index contributed by atoms with van der Waals surface area (Å²) >= 11 is 0. The Morgan fingerprint density at radius 1 is 1.16 bits per heavy atom. The van der Waals surface area contributed by atoms with E-state index in [1.54, 1.807) is 6.07 Å². The zero-order chi connectivity index (χ0) is 13.2. The Bertz CT molecular complexity index is 581. The van der Waals surface area contributed by atoms with Crippen LogP contribution < -0.4 is 21.1 Å². The smallest absolute Gasteiger partial charge is 0.223 e. The minimum Gasteiger partial charge on any atom is -0.491 e. The predicted octanol–water partition coefficient (Wildman–Crippen LogP) is 1.56. The third-order valence-corrected chi connectivity index (χ3v) is 2.97. The van der Waals surface area contributed by atoms with E-state index >= 15 is 0 Å². The van der Waals surface area contributed by atoms with E-state index in [0.717, 1.165) is 24.4 Å². The number of anilines is 4. The van der Waals surface area contributed by atoms with Crippen LogP contribution in [-0.4, -0.2) is 23.1 Å². The van der Waals surface area contributed by atoms with Crippen molar-refractivity contribution in [1.82, 2.24) is 9.97 Å². The Morgan fingerprint density at radius 2 is 2.00 bits per heavy atom. The number of benzene rings is 1. The maximum atomic E-state index is 5.74. The quantitative estimate of drug-likeness (QED) is 0.805.